The first-order valence-electron chi connectivity index (χ1n) is 12.9. The summed E-state index contributed by atoms with van der Waals surface area (Å²) in [6, 6.07) is 6.16. The van der Waals surface area contributed by atoms with Crippen LogP contribution in [0.4, 0.5) is 0 Å². The van der Waals surface area contributed by atoms with Gasteiger partial charge >= 0.3 is 0 Å². The van der Waals surface area contributed by atoms with Crippen LogP contribution in [-0.4, -0.2) is 47.7 Å². The van der Waals surface area contributed by atoms with Crippen LogP contribution in [-0.2, 0) is 4.79 Å². The average Bonchev–Trinajstić information content (AvgIpc) is 3.26. The number of H-pyrrole nitrogens is 1. The molecule has 190 valence electrons. The summed E-state index contributed by atoms with van der Waals surface area (Å²) in [6.07, 6.45) is 12.7. The van der Waals surface area contributed by atoms with Crippen molar-refractivity contribution in [2.45, 2.75) is 96.6 Å². The van der Waals surface area contributed by atoms with E-state index in [1.807, 2.05) is 12.1 Å². The highest BCUT2D eigenvalue weighted by Gasteiger charge is 2.26. The molecule has 34 heavy (non-hydrogen) atoms. The maximum absolute atomic E-state index is 12.7. The van der Waals surface area contributed by atoms with E-state index < -0.39 is 18.1 Å². The van der Waals surface area contributed by atoms with Crippen LogP contribution in [0.15, 0.2) is 24.3 Å². The van der Waals surface area contributed by atoms with E-state index in [4.69, 9.17) is 4.74 Å². The maximum Gasteiger partial charge on any atom is 0.268 e. The number of carbonyl (C=O) groups is 2. The van der Waals surface area contributed by atoms with Gasteiger partial charge in [0, 0.05) is 17.4 Å². The van der Waals surface area contributed by atoms with Crippen molar-refractivity contribution < 1.29 is 19.4 Å². The third kappa shape index (κ3) is 9.37. The van der Waals surface area contributed by atoms with Gasteiger partial charge < -0.3 is 25.5 Å². The van der Waals surface area contributed by atoms with E-state index >= 15 is 0 Å². The van der Waals surface area contributed by atoms with E-state index in [-0.39, 0.29) is 5.91 Å². The van der Waals surface area contributed by atoms with Gasteiger partial charge in [-0.25, -0.2) is 0 Å². The number of aromatic nitrogens is 1. The maximum atomic E-state index is 12.7. The molecule has 2 amide bonds. The Balaban J connectivity index is 1.68. The van der Waals surface area contributed by atoms with Gasteiger partial charge in [-0.2, -0.15) is 0 Å². The van der Waals surface area contributed by atoms with Gasteiger partial charge in [-0.05, 0) is 37.6 Å². The van der Waals surface area contributed by atoms with Gasteiger partial charge in [0.1, 0.15) is 17.5 Å². The number of aromatic amines is 1. The Morgan fingerprint density at radius 3 is 2.18 bits per heavy atom. The molecular weight excluding hydrogens is 430 g/mol. The minimum absolute atomic E-state index is 0.326. The molecule has 0 fully saturated rings. The summed E-state index contributed by atoms with van der Waals surface area (Å²) in [4.78, 5) is 28.3. The van der Waals surface area contributed by atoms with E-state index in [0.717, 1.165) is 23.7 Å². The summed E-state index contributed by atoms with van der Waals surface area (Å²) in [5.41, 5.74) is 1.12. The number of ether oxygens (including phenoxy) is 1. The molecule has 0 spiro atoms. The van der Waals surface area contributed by atoms with Gasteiger partial charge in [-0.3, -0.25) is 9.59 Å². The Morgan fingerprint density at radius 1 is 0.971 bits per heavy atom. The molecule has 1 heterocycles. The number of aliphatic hydroxyl groups is 1. The predicted octanol–water partition coefficient (Wildman–Crippen LogP) is 5.08. The van der Waals surface area contributed by atoms with Gasteiger partial charge in [0.25, 0.3) is 5.91 Å². The van der Waals surface area contributed by atoms with Crippen molar-refractivity contribution in [1.82, 2.24) is 15.6 Å². The van der Waals surface area contributed by atoms with Gasteiger partial charge in [0.05, 0.1) is 13.2 Å². The fourth-order valence-corrected chi connectivity index (χ4v) is 4.09. The number of nitrogens with one attached hydrogen (secondary N) is 3. The van der Waals surface area contributed by atoms with Crippen molar-refractivity contribution in [1.29, 1.82) is 0 Å². The first-order valence-corrected chi connectivity index (χ1v) is 12.9. The van der Waals surface area contributed by atoms with Crippen molar-refractivity contribution in [3.8, 4) is 5.75 Å². The van der Waals surface area contributed by atoms with E-state index in [0.29, 0.717) is 18.0 Å². The number of unbranched alkanes of at least 4 members (excludes halogenated alkanes) is 10. The van der Waals surface area contributed by atoms with E-state index in [1.54, 1.807) is 19.2 Å². The number of hydrogen-bond acceptors (Lipinski definition) is 4. The topological polar surface area (TPSA) is 103 Å². The number of amides is 2. The van der Waals surface area contributed by atoms with Crippen molar-refractivity contribution in [2.24, 2.45) is 0 Å². The number of fused-ring (bicyclic) bond motifs is 1. The lowest BCUT2D eigenvalue weighted by Gasteiger charge is -2.20. The Kier molecular flexibility index (Phi) is 12.5. The second kappa shape index (κ2) is 15.4. The SMILES string of the molecule is CCCCCCCCCCCCCNC(=O)[C@H](NC(=O)c1cc2cc(OC)ccc2[nH]1)[C@H](C)O. The van der Waals surface area contributed by atoms with Gasteiger partial charge in [0.15, 0.2) is 0 Å². The van der Waals surface area contributed by atoms with E-state index in [2.05, 4.69) is 22.5 Å². The minimum Gasteiger partial charge on any atom is -0.497 e. The highest BCUT2D eigenvalue weighted by Crippen LogP contribution is 2.21. The van der Waals surface area contributed by atoms with E-state index in [1.165, 1.54) is 64.7 Å². The second-order valence-electron chi connectivity index (χ2n) is 9.15. The van der Waals surface area contributed by atoms with Crippen LogP contribution in [0.3, 0.4) is 0 Å². The fraction of sp³-hybridized carbons (Fsp3) is 0.630. The quantitative estimate of drug-likeness (QED) is 0.240. The second-order valence-corrected chi connectivity index (χ2v) is 9.15. The summed E-state index contributed by atoms with van der Waals surface area (Å²) >= 11 is 0. The molecule has 0 saturated carbocycles. The highest BCUT2D eigenvalue weighted by atomic mass is 16.5. The minimum atomic E-state index is -1.01. The van der Waals surface area contributed by atoms with Crippen molar-refractivity contribution in [3.05, 3.63) is 30.0 Å². The lowest BCUT2D eigenvalue weighted by Crippen LogP contribution is -2.52. The highest BCUT2D eigenvalue weighted by molar-refractivity contribution is 6.00. The van der Waals surface area contributed by atoms with Crippen molar-refractivity contribution in [2.75, 3.05) is 13.7 Å². The van der Waals surface area contributed by atoms with Gasteiger partial charge in [-0.1, -0.05) is 71.1 Å². The monoisotopic (exact) mass is 473 g/mol. The van der Waals surface area contributed by atoms with Crippen LogP contribution >= 0.6 is 0 Å². The molecule has 7 nitrogen and oxygen atoms in total. The summed E-state index contributed by atoms with van der Waals surface area (Å²) in [7, 11) is 1.59. The van der Waals surface area contributed by atoms with E-state index in [9.17, 15) is 14.7 Å². The van der Waals surface area contributed by atoms with Crippen LogP contribution in [0.1, 0.15) is 95.0 Å². The molecule has 0 unspecified atom stereocenters. The number of aliphatic hydroxyl groups excluding tert-OH is 1. The largest absolute Gasteiger partial charge is 0.497 e. The summed E-state index contributed by atoms with van der Waals surface area (Å²) < 4.78 is 5.21. The van der Waals surface area contributed by atoms with Crippen LogP contribution in [0.25, 0.3) is 10.9 Å². The number of carbonyl (C=O) groups excluding carboxylic acids is 2. The van der Waals surface area contributed by atoms with Gasteiger partial charge in [-0.15, -0.1) is 0 Å². The third-order valence-electron chi connectivity index (χ3n) is 6.20. The average molecular weight is 474 g/mol. The molecule has 0 saturated heterocycles. The molecule has 2 rings (SSSR count). The van der Waals surface area contributed by atoms with Gasteiger partial charge in [0.2, 0.25) is 5.91 Å². The zero-order chi connectivity index (χ0) is 24.8. The Hall–Kier alpha value is -2.54. The third-order valence-corrected chi connectivity index (χ3v) is 6.20. The Bertz CT molecular complexity index is 878. The number of hydrogen-bond donors (Lipinski definition) is 4. The smallest absolute Gasteiger partial charge is 0.268 e. The molecule has 2 atom stereocenters. The molecule has 0 aliphatic rings. The zero-order valence-corrected chi connectivity index (χ0v) is 21.1. The molecule has 0 bridgehead atoms. The molecule has 1 aromatic carbocycles. The lowest BCUT2D eigenvalue weighted by atomic mass is 10.1. The molecule has 0 aliphatic carbocycles. The summed E-state index contributed by atoms with van der Waals surface area (Å²) in [6.45, 7) is 4.29. The van der Waals surface area contributed by atoms with Crippen LogP contribution in [0.2, 0.25) is 0 Å². The standard InChI is InChI=1S/C27H43N3O4/c1-4-5-6-7-8-9-10-11-12-13-14-17-28-27(33)25(20(2)31)30-26(32)24-19-21-18-22(34-3)15-16-23(21)29-24/h15-16,18-20,25,29,31H,4-14,17H2,1-3H3,(H,28,33)(H,30,32)/t20-,25+/m0/s1. The molecular formula is C27H43N3O4. The normalized spacial score (nSPS) is 12.9. The first kappa shape index (κ1) is 27.7. The van der Waals surface area contributed by atoms with Crippen LogP contribution in [0, 0.1) is 0 Å². The van der Waals surface area contributed by atoms with Crippen LogP contribution in [0.5, 0.6) is 5.75 Å². The molecule has 7 heteroatoms. The lowest BCUT2D eigenvalue weighted by molar-refractivity contribution is -0.125. The molecule has 0 aliphatic heterocycles. The number of rotatable bonds is 17. The molecule has 0 radical (unpaired) electrons. The van der Waals surface area contributed by atoms with Crippen LogP contribution < -0.4 is 15.4 Å². The summed E-state index contributed by atoms with van der Waals surface area (Å²) in [5.74, 6) is -0.110. The van der Waals surface area contributed by atoms with Crippen molar-refractivity contribution in [3.63, 3.8) is 0 Å². The first-order chi connectivity index (χ1) is 16.5. The zero-order valence-electron chi connectivity index (χ0n) is 21.1. The number of methoxy groups -OCH3 is 1. The Morgan fingerprint density at radius 2 is 1.59 bits per heavy atom. The van der Waals surface area contributed by atoms with Crippen molar-refractivity contribution >= 4 is 22.7 Å². The molecule has 1 aromatic heterocycles. The number of benzene rings is 1. The Labute approximate surface area is 204 Å². The predicted molar refractivity (Wildman–Crippen MR) is 137 cm³/mol. The fourth-order valence-electron chi connectivity index (χ4n) is 4.09. The molecule has 2 aromatic rings. The summed E-state index contributed by atoms with van der Waals surface area (Å²) in [5, 5.41) is 16.4. The molecule has 4 N–H and O–H groups in total.